The third kappa shape index (κ3) is 5.96. The van der Waals surface area contributed by atoms with Crippen LogP contribution in [-0.4, -0.2) is 5.60 Å². The summed E-state index contributed by atoms with van der Waals surface area (Å²) in [4.78, 5) is 0. The Balaban J connectivity index is 3.11. The normalized spacial score (nSPS) is 12.0. The smallest absolute Gasteiger partial charge is 0.0980 e. The van der Waals surface area contributed by atoms with Gasteiger partial charge in [0.05, 0.1) is 5.60 Å². The van der Waals surface area contributed by atoms with Gasteiger partial charge in [0, 0.05) is 0 Å². The minimum atomic E-state index is -0.698. The summed E-state index contributed by atoms with van der Waals surface area (Å²) in [5, 5.41) is 10.9. The molecule has 1 radical (unpaired) electrons. The molecule has 0 N–H and O–H groups in total. The van der Waals surface area contributed by atoms with Crippen molar-refractivity contribution in [1.29, 1.82) is 0 Å². The molecule has 0 aliphatic heterocycles. The molecule has 1 heteroatoms. The summed E-state index contributed by atoms with van der Waals surface area (Å²) in [5.41, 5.74) is -0.698. The maximum atomic E-state index is 10.9. The van der Waals surface area contributed by atoms with Crippen molar-refractivity contribution in [2.24, 2.45) is 0 Å². The average molecular weight is 115 g/mol. The lowest BCUT2D eigenvalue weighted by Crippen LogP contribution is -2.15. The van der Waals surface area contributed by atoms with Gasteiger partial charge in [-0.3, -0.25) is 0 Å². The Labute approximate surface area is 51.7 Å². The molecule has 0 bridgehead atoms. The predicted molar refractivity (Wildman–Crippen MR) is 34.3 cm³/mol. The SMILES string of the molecule is CCCCC(C)(C)[O]. The summed E-state index contributed by atoms with van der Waals surface area (Å²) in [5.74, 6) is 0. The maximum absolute atomic E-state index is 10.9. The lowest BCUT2D eigenvalue weighted by atomic mass is 10.0. The lowest BCUT2D eigenvalue weighted by Gasteiger charge is -2.11. The standard InChI is InChI=1S/C7H15O/c1-4-5-6-7(2,3)8/h4-6H2,1-3H3. The van der Waals surface area contributed by atoms with Gasteiger partial charge in [-0.15, -0.1) is 0 Å². The van der Waals surface area contributed by atoms with Gasteiger partial charge in [0.2, 0.25) is 0 Å². The summed E-state index contributed by atoms with van der Waals surface area (Å²) in [6.07, 6.45) is 3.01. The topological polar surface area (TPSA) is 19.9 Å². The van der Waals surface area contributed by atoms with E-state index in [-0.39, 0.29) is 0 Å². The van der Waals surface area contributed by atoms with E-state index in [0.717, 1.165) is 19.3 Å². The molecule has 0 heterocycles. The molecule has 0 saturated carbocycles. The van der Waals surface area contributed by atoms with Crippen LogP contribution in [0.2, 0.25) is 0 Å². The zero-order valence-corrected chi connectivity index (χ0v) is 6.03. The van der Waals surface area contributed by atoms with Gasteiger partial charge in [-0.05, 0) is 20.3 Å². The number of hydrogen-bond donors (Lipinski definition) is 0. The Hall–Kier alpha value is -0.0400. The molecule has 0 saturated heterocycles. The van der Waals surface area contributed by atoms with E-state index in [9.17, 15) is 5.11 Å². The van der Waals surface area contributed by atoms with Gasteiger partial charge >= 0.3 is 0 Å². The highest BCUT2D eigenvalue weighted by Crippen LogP contribution is 2.11. The molecule has 0 fully saturated rings. The van der Waals surface area contributed by atoms with Gasteiger partial charge in [-0.1, -0.05) is 19.8 Å². The van der Waals surface area contributed by atoms with Crippen molar-refractivity contribution in [3.8, 4) is 0 Å². The molecule has 0 amide bonds. The van der Waals surface area contributed by atoms with Crippen LogP contribution in [-0.2, 0) is 5.11 Å². The highest BCUT2D eigenvalue weighted by Gasteiger charge is 2.12. The highest BCUT2D eigenvalue weighted by atomic mass is 16.3. The van der Waals surface area contributed by atoms with Crippen LogP contribution in [0.5, 0.6) is 0 Å². The molecule has 0 spiro atoms. The third-order valence-corrected chi connectivity index (χ3v) is 1.13. The summed E-state index contributed by atoms with van der Waals surface area (Å²) >= 11 is 0. The Bertz CT molecular complexity index is 51.9. The predicted octanol–water partition coefficient (Wildman–Crippen LogP) is 2.39. The lowest BCUT2D eigenvalue weighted by molar-refractivity contribution is -0.00474. The summed E-state index contributed by atoms with van der Waals surface area (Å²) < 4.78 is 0. The van der Waals surface area contributed by atoms with Gasteiger partial charge in [0.1, 0.15) is 0 Å². The van der Waals surface area contributed by atoms with Gasteiger partial charge in [0.15, 0.2) is 0 Å². The number of hydrogen-bond acceptors (Lipinski definition) is 0. The quantitative estimate of drug-likeness (QED) is 0.538. The van der Waals surface area contributed by atoms with Crippen molar-refractivity contribution >= 4 is 0 Å². The van der Waals surface area contributed by atoms with Crippen molar-refractivity contribution in [3.05, 3.63) is 0 Å². The van der Waals surface area contributed by atoms with E-state index in [1.54, 1.807) is 13.8 Å². The molecule has 0 aromatic rings. The van der Waals surface area contributed by atoms with E-state index < -0.39 is 5.60 Å². The molecule has 0 aliphatic rings. The van der Waals surface area contributed by atoms with Crippen LogP contribution >= 0.6 is 0 Å². The molecule has 0 aromatic heterocycles. The molecular weight excluding hydrogens is 100 g/mol. The van der Waals surface area contributed by atoms with Crippen molar-refractivity contribution in [1.82, 2.24) is 0 Å². The molecule has 49 valence electrons. The van der Waals surface area contributed by atoms with E-state index in [0.29, 0.717) is 0 Å². The monoisotopic (exact) mass is 115 g/mol. The van der Waals surface area contributed by atoms with Crippen LogP contribution in [0.3, 0.4) is 0 Å². The molecule has 0 aliphatic carbocycles. The van der Waals surface area contributed by atoms with E-state index in [1.807, 2.05) is 0 Å². The third-order valence-electron chi connectivity index (χ3n) is 1.13. The summed E-state index contributed by atoms with van der Waals surface area (Å²) in [6, 6.07) is 0. The first kappa shape index (κ1) is 7.96. The second kappa shape index (κ2) is 3.08. The van der Waals surface area contributed by atoms with Gasteiger partial charge in [-0.2, -0.15) is 0 Å². The second-order valence-electron chi connectivity index (χ2n) is 2.86. The van der Waals surface area contributed by atoms with Crippen LogP contribution in [0.1, 0.15) is 40.0 Å². The fraction of sp³-hybridized carbons (Fsp3) is 1.00. The van der Waals surface area contributed by atoms with Crippen LogP contribution in [0.4, 0.5) is 0 Å². The molecule has 0 atom stereocenters. The molecular formula is C7H15O. The first-order valence-electron chi connectivity index (χ1n) is 3.26. The first-order valence-corrected chi connectivity index (χ1v) is 3.26. The van der Waals surface area contributed by atoms with E-state index >= 15 is 0 Å². The zero-order chi connectivity index (χ0) is 6.62. The highest BCUT2D eigenvalue weighted by molar-refractivity contribution is 4.62. The molecule has 1 nitrogen and oxygen atoms in total. The average Bonchev–Trinajstić information content (AvgIpc) is 1.59. The van der Waals surface area contributed by atoms with Crippen molar-refractivity contribution in [3.63, 3.8) is 0 Å². The minimum Gasteiger partial charge on any atom is -0.230 e. The maximum Gasteiger partial charge on any atom is 0.0980 e. The summed E-state index contributed by atoms with van der Waals surface area (Å²) in [6.45, 7) is 5.58. The fourth-order valence-electron chi connectivity index (χ4n) is 0.602. The van der Waals surface area contributed by atoms with E-state index in [2.05, 4.69) is 6.92 Å². The Morgan fingerprint density at radius 2 is 1.88 bits per heavy atom. The number of rotatable bonds is 3. The molecule has 0 unspecified atom stereocenters. The molecule has 8 heavy (non-hydrogen) atoms. The largest absolute Gasteiger partial charge is 0.230 e. The second-order valence-corrected chi connectivity index (χ2v) is 2.86. The minimum absolute atomic E-state index is 0.698. The van der Waals surface area contributed by atoms with Gasteiger partial charge in [0.25, 0.3) is 0 Å². The fourth-order valence-corrected chi connectivity index (χ4v) is 0.602. The Morgan fingerprint density at radius 1 is 1.38 bits per heavy atom. The summed E-state index contributed by atoms with van der Waals surface area (Å²) in [7, 11) is 0. The van der Waals surface area contributed by atoms with Crippen LogP contribution < -0.4 is 0 Å². The van der Waals surface area contributed by atoms with E-state index in [1.165, 1.54) is 0 Å². The van der Waals surface area contributed by atoms with Crippen LogP contribution in [0.25, 0.3) is 0 Å². The number of unbranched alkanes of at least 4 members (excludes halogenated alkanes) is 1. The van der Waals surface area contributed by atoms with Gasteiger partial charge < -0.3 is 0 Å². The van der Waals surface area contributed by atoms with E-state index in [4.69, 9.17) is 0 Å². The zero-order valence-electron chi connectivity index (χ0n) is 6.03. The Kier molecular flexibility index (Phi) is 3.06. The van der Waals surface area contributed by atoms with Crippen molar-refractivity contribution < 1.29 is 5.11 Å². The van der Waals surface area contributed by atoms with Crippen molar-refractivity contribution in [2.45, 2.75) is 45.6 Å². The molecule has 0 aromatic carbocycles. The van der Waals surface area contributed by atoms with Crippen molar-refractivity contribution in [2.75, 3.05) is 0 Å². The van der Waals surface area contributed by atoms with Crippen LogP contribution in [0, 0.1) is 0 Å². The Morgan fingerprint density at radius 3 is 2.00 bits per heavy atom. The first-order chi connectivity index (χ1) is 3.56. The van der Waals surface area contributed by atoms with Gasteiger partial charge in [-0.25, -0.2) is 5.11 Å². The van der Waals surface area contributed by atoms with Crippen LogP contribution in [0.15, 0.2) is 0 Å². The molecule has 0 rings (SSSR count).